The molecule has 0 atom stereocenters. The number of benzene rings is 2. The molecule has 0 heterocycles. The van der Waals surface area contributed by atoms with Crippen LogP contribution in [0.4, 0.5) is 0 Å². The molecular weight excluding hydrogens is 226 g/mol. The normalized spacial score (nSPS) is 9.79. The van der Waals surface area contributed by atoms with Crippen LogP contribution in [0.5, 0.6) is 0 Å². The summed E-state index contributed by atoms with van der Waals surface area (Å²) < 4.78 is 3.12. The van der Waals surface area contributed by atoms with E-state index in [0.29, 0.717) is 0 Å². The first-order valence-electron chi connectivity index (χ1n) is 4.98. The Morgan fingerprint density at radius 3 is 1.36 bits per heavy atom. The molecular formula is C13H13Ga. The summed E-state index contributed by atoms with van der Waals surface area (Å²) in [7, 11) is 0. The van der Waals surface area contributed by atoms with Crippen LogP contribution >= 0.6 is 0 Å². The summed E-state index contributed by atoms with van der Waals surface area (Å²) >= 11 is -1.41. The van der Waals surface area contributed by atoms with Gasteiger partial charge in [-0.25, -0.2) is 0 Å². The van der Waals surface area contributed by atoms with Crippen molar-refractivity contribution in [2.24, 2.45) is 0 Å². The molecule has 1 heteroatoms. The molecule has 0 saturated carbocycles. The van der Waals surface area contributed by atoms with Gasteiger partial charge in [0.2, 0.25) is 0 Å². The quantitative estimate of drug-likeness (QED) is 0.702. The molecule has 0 aliphatic heterocycles. The Morgan fingerprint density at radius 2 is 1.00 bits per heavy atom. The maximum atomic E-state index is 2.43. The molecule has 0 aliphatic rings. The molecule has 0 spiro atoms. The number of rotatable bonds is 2. The van der Waals surface area contributed by atoms with Crippen molar-refractivity contribution in [3.05, 3.63) is 60.7 Å². The van der Waals surface area contributed by atoms with Crippen molar-refractivity contribution < 1.29 is 0 Å². The Hall–Kier alpha value is -0.924. The average Bonchev–Trinajstić information content (AvgIpc) is 2.30. The van der Waals surface area contributed by atoms with Gasteiger partial charge in [0.15, 0.2) is 0 Å². The van der Waals surface area contributed by atoms with Crippen molar-refractivity contribution in [1.29, 1.82) is 0 Å². The first kappa shape index (κ1) is 9.62. The molecule has 68 valence electrons. The second-order valence-electron chi connectivity index (χ2n) is 3.54. The van der Waals surface area contributed by atoms with Gasteiger partial charge in [0.25, 0.3) is 0 Å². The van der Waals surface area contributed by atoms with Gasteiger partial charge in [-0.1, -0.05) is 0 Å². The van der Waals surface area contributed by atoms with E-state index in [1.807, 2.05) is 0 Å². The van der Waals surface area contributed by atoms with Crippen molar-refractivity contribution in [2.45, 2.75) is 5.48 Å². The molecule has 0 radical (unpaired) electrons. The first-order chi connectivity index (χ1) is 6.88. The molecule has 2 aromatic carbocycles. The fourth-order valence-corrected chi connectivity index (χ4v) is 5.84. The molecule has 0 amide bonds. The van der Waals surface area contributed by atoms with Crippen LogP contribution in [0, 0.1) is 0 Å². The van der Waals surface area contributed by atoms with Crippen LogP contribution in [0.3, 0.4) is 0 Å². The third kappa shape index (κ3) is 2.11. The Kier molecular flexibility index (Phi) is 3.12. The molecule has 0 nitrogen and oxygen atoms in total. The van der Waals surface area contributed by atoms with Gasteiger partial charge in [0.05, 0.1) is 0 Å². The van der Waals surface area contributed by atoms with Gasteiger partial charge in [-0.2, -0.15) is 0 Å². The molecule has 0 aliphatic carbocycles. The zero-order chi connectivity index (χ0) is 9.80. The predicted molar refractivity (Wildman–Crippen MR) is 63.8 cm³/mol. The van der Waals surface area contributed by atoms with Crippen molar-refractivity contribution in [2.75, 3.05) is 0 Å². The number of hydrogen-bond donors (Lipinski definition) is 0. The van der Waals surface area contributed by atoms with Gasteiger partial charge in [-0.3, -0.25) is 0 Å². The standard InChI is InChI=1S/2C6H5.CH3.Ga/c2*1-2-4-6-5-3-1;;/h2*1-5H;1H3;. The second-order valence-corrected chi connectivity index (χ2v) is 9.37. The van der Waals surface area contributed by atoms with E-state index in [2.05, 4.69) is 66.1 Å². The van der Waals surface area contributed by atoms with E-state index in [1.54, 1.807) is 8.24 Å². The summed E-state index contributed by atoms with van der Waals surface area (Å²) in [4.78, 5) is 0. The molecule has 0 N–H and O–H groups in total. The second kappa shape index (κ2) is 4.53. The molecule has 2 rings (SSSR count). The van der Waals surface area contributed by atoms with Gasteiger partial charge >= 0.3 is 90.6 Å². The topological polar surface area (TPSA) is 0 Å². The van der Waals surface area contributed by atoms with Crippen molar-refractivity contribution >= 4 is 24.5 Å². The van der Waals surface area contributed by atoms with Crippen LogP contribution in [0.15, 0.2) is 60.7 Å². The summed E-state index contributed by atoms with van der Waals surface area (Å²) in [6.45, 7) is 0. The van der Waals surface area contributed by atoms with E-state index in [9.17, 15) is 0 Å². The molecule has 0 aromatic heterocycles. The Morgan fingerprint density at radius 1 is 0.643 bits per heavy atom. The van der Waals surface area contributed by atoms with Crippen molar-refractivity contribution in [1.82, 2.24) is 0 Å². The average molecular weight is 239 g/mol. The minimum atomic E-state index is -1.41. The Labute approximate surface area is 90.6 Å². The zero-order valence-corrected chi connectivity index (χ0v) is 10.8. The van der Waals surface area contributed by atoms with Crippen molar-refractivity contribution in [3.63, 3.8) is 0 Å². The van der Waals surface area contributed by atoms with Gasteiger partial charge in [0.1, 0.15) is 0 Å². The van der Waals surface area contributed by atoms with Crippen LogP contribution in [0.25, 0.3) is 0 Å². The Balaban J connectivity index is 2.30. The molecule has 0 fully saturated rings. The monoisotopic (exact) mass is 238 g/mol. The van der Waals surface area contributed by atoms with Crippen molar-refractivity contribution in [3.8, 4) is 0 Å². The molecule has 0 saturated heterocycles. The van der Waals surface area contributed by atoms with E-state index in [1.165, 1.54) is 0 Å². The minimum absolute atomic E-state index is 1.41. The fourth-order valence-electron chi connectivity index (χ4n) is 1.68. The third-order valence-corrected chi connectivity index (χ3v) is 8.41. The molecule has 14 heavy (non-hydrogen) atoms. The van der Waals surface area contributed by atoms with Gasteiger partial charge in [-0.05, 0) is 0 Å². The van der Waals surface area contributed by atoms with Crippen LogP contribution < -0.4 is 8.24 Å². The fraction of sp³-hybridized carbons (Fsp3) is 0.0769. The summed E-state index contributed by atoms with van der Waals surface area (Å²) in [5.74, 6) is 0. The SMILES string of the molecule is [CH3][Ga]([c]1ccccc1)[c]1ccccc1. The predicted octanol–water partition coefficient (Wildman–Crippen LogP) is 1.93. The van der Waals surface area contributed by atoms with E-state index >= 15 is 0 Å². The van der Waals surface area contributed by atoms with E-state index < -0.39 is 16.2 Å². The zero-order valence-electron chi connectivity index (χ0n) is 8.35. The first-order valence-corrected chi connectivity index (χ1v) is 9.82. The Bertz CT molecular complexity index is 341. The molecule has 2 aromatic rings. The number of hydrogen-bond acceptors (Lipinski definition) is 0. The molecule has 0 bridgehead atoms. The van der Waals surface area contributed by atoms with Crippen LogP contribution in [-0.2, 0) is 0 Å². The molecule has 0 unspecified atom stereocenters. The summed E-state index contributed by atoms with van der Waals surface area (Å²) in [6, 6.07) is 21.8. The van der Waals surface area contributed by atoms with Gasteiger partial charge in [0, 0.05) is 0 Å². The summed E-state index contributed by atoms with van der Waals surface area (Å²) in [6.07, 6.45) is 0. The third-order valence-electron chi connectivity index (χ3n) is 2.60. The summed E-state index contributed by atoms with van der Waals surface area (Å²) in [5.41, 5.74) is 2.43. The van der Waals surface area contributed by atoms with Gasteiger partial charge < -0.3 is 0 Å². The maximum absolute atomic E-state index is 2.43. The van der Waals surface area contributed by atoms with Crippen LogP contribution in [-0.4, -0.2) is 16.2 Å². The van der Waals surface area contributed by atoms with E-state index in [0.717, 1.165) is 0 Å². The van der Waals surface area contributed by atoms with Crippen LogP contribution in [0.1, 0.15) is 0 Å². The summed E-state index contributed by atoms with van der Waals surface area (Å²) in [5, 5.41) is 0. The van der Waals surface area contributed by atoms with E-state index in [-0.39, 0.29) is 0 Å². The van der Waals surface area contributed by atoms with Crippen LogP contribution in [0.2, 0.25) is 5.48 Å². The van der Waals surface area contributed by atoms with Gasteiger partial charge in [-0.15, -0.1) is 0 Å². The van der Waals surface area contributed by atoms with E-state index in [4.69, 9.17) is 0 Å².